The lowest BCUT2D eigenvalue weighted by atomic mass is 9.57. The van der Waals surface area contributed by atoms with Crippen LogP contribution in [0.15, 0.2) is 16.9 Å². The molecule has 1 aromatic rings. The van der Waals surface area contributed by atoms with Crippen molar-refractivity contribution >= 4 is 53.1 Å². The Labute approximate surface area is 236 Å². The van der Waals surface area contributed by atoms with Gasteiger partial charge in [-0.1, -0.05) is 11.6 Å². The fraction of sp³-hybridized carbons (Fsp3) is 0.520. The quantitative estimate of drug-likeness (QED) is 0.151. The molecule has 14 heteroatoms. The number of carbonyl (C=O) groups excluding carboxylic acids is 3. The predicted molar refractivity (Wildman–Crippen MR) is 146 cm³/mol. The van der Waals surface area contributed by atoms with Crippen LogP contribution in [0.4, 0.5) is 5.82 Å². The Morgan fingerprint density at radius 2 is 1.85 bits per heavy atom. The summed E-state index contributed by atoms with van der Waals surface area (Å²) < 4.78 is 0. The van der Waals surface area contributed by atoms with E-state index < -0.39 is 63.8 Å². The average Bonchev–Trinajstić information content (AvgIpc) is 2.81. The Morgan fingerprint density at radius 3 is 2.41 bits per heavy atom. The zero-order valence-electron chi connectivity index (χ0n) is 22.0. The van der Waals surface area contributed by atoms with Gasteiger partial charge in [-0.3, -0.25) is 19.3 Å². The number of pyridine rings is 1. The number of ketones is 2. The van der Waals surface area contributed by atoms with Crippen molar-refractivity contribution in [1.29, 1.82) is 0 Å². The van der Waals surface area contributed by atoms with E-state index in [1.165, 1.54) is 4.90 Å². The zero-order chi connectivity index (χ0) is 28.3. The summed E-state index contributed by atoms with van der Waals surface area (Å²) in [5.74, 6) is -7.17. The molecule has 0 spiro atoms. The van der Waals surface area contributed by atoms with Crippen molar-refractivity contribution in [3.05, 3.63) is 33.2 Å². The summed E-state index contributed by atoms with van der Waals surface area (Å²) >= 11 is 6.46. The van der Waals surface area contributed by atoms with E-state index in [9.17, 15) is 34.8 Å². The van der Waals surface area contributed by atoms with Crippen molar-refractivity contribution in [2.24, 2.45) is 17.6 Å². The van der Waals surface area contributed by atoms with Crippen LogP contribution in [-0.2, 0) is 20.8 Å². The van der Waals surface area contributed by atoms with Gasteiger partial charge in [-0.05, 0) is 59.9 Å². The summed E-state index contributed by atoms with van der Waals surface area (Å²) in [7, 11) is 6.93. The molecule has 3 aliphatic rings. The largest absolute Gasteiger partial charge is 0.508 e. The molecule has 0 aliphatic heterocycles. The molecular formula is C25H33Cl2N5O7. The van der Waals surface area contributed by atoms with E-state index >= 15 is 0 Å². The van der Waals surface area contributed by atoms with Crippen LogP contribution in [0.1, 0.15) is 24.0 Å². The molecular weight excluding hydrogens is 553 g/mol. The van der Waals surface area contributed by atoms with E-state index in [1.807, 2.05) is 19.0 Å². The Balaban J connectivity index is 0.00000420. The second-order valence-electron chi connectivity index (χ2n) is 10.5. The third-order valence-corrected chi connectivity index (χ3v) is 7.92. The lowest BCUT2D eigenvalue weighted by molar-refractivity contribution is -0.153. The predicted octanol–water partition coefficient (Wildman–Crippen LogP) is 0.798. The van der Waals surface area contributed by atoms with Gasteiger partial charge in [0.25, 0.3) is 5.91 Å². The number of nitrogens with two attached hydrogens (primary N) is 1. The molecule has 4 rings (SSSR count). The first-order chi connectivity index (χ1) is 17.7. The van der Waals surface area contributed by atoms with Gasteiger partial charge in [0.05, 0.1) is 11.6 Å². The molecule has 214 valence electrons. The van der Waals surface area contributed by atoms with Crippen molar-refractivity contribution in [1.82, 2.24) is 14.8 Å². The molecule has 0 radical (unpaired) electrons. The molecule has 0 unspecified atom stereocenters. The number of carbonyl (C=O) groups is 3. The zero-order valence-corrected chi connectivity index (χ0v) is 23.6. The average molecular weight is 586 g/mol. The number of hydrogen-bond donors (Lipinski definition) is 6. The minimum Gasteiger partial charge on any atom is -0.508 e. The number of amides is 1. The van der Waals surface area contributed by atoms with Crippen LogP contribution in [-0.4, -0.2) is 106 Å². The maximum absolute atomic E-state index is 13.9. The van der Waals surface area contributed by atoms with Crippen molar-refractivity contribution in [3.8, 4) is 5.75 Å². The minimum atomic E-state index is -2.69. The number of hydrogen-bond acceptors (Lipinski definition) is 11. The lowest BCUT2D eigenvalue weighted by Crippen LogP contribution is -2.65. The number of anilines is 1. The van der Waals surface area contributed by atoms with Gasteiger partial charge in [0.2, 0.25) is 5.78 Å². The highest BCUT2D eigenvalue weighted by Gasteiger charge is 2.64. The van der Waals surface area contributed by atoms with E-state index in [1.54, 1.807) is 14.1 Å². The molecule has 7 N–H and O–H groups in total. The van der Waals surface area contributed by atoms with Crippen LogP contribution in [0, 0.1) is 11.8 Å². The van der Waals surface area contributed by atoms with Crippen LogP contribution in [0.2, 0.25) is 5.15 Å². The number of aromatic hydroxyl groups is 1. The first-order valence-electron chi connectivity index (χ1n) is 12.2. The number of aromatic nitrogens is 1. The second kappa shape index (κ2) is 10.9. The summed E-state index contributed by atoms with van der Waals surface area (Å²) in [4.78, 5) is 46.7. The number of rotatable bonds is 7. The fourth-order valence-electron chi connectivity index (χ4n) is 5.88. The summed E-state index contributed by atoms with van der Waals surface area (Å²) in [5, 5.41) is 47.8. The van der Waals surface area contributed by atoms with Crippen molar-refractivity contribution < 1.29 is 34.8 Å². The second-order valence-corrected chi connectivity index (χ2v) is 10.9. The Hall–Kier alpha value is -2.90. The molecule has 1 aromatic heterocycles. The maximum atomic E-state index is 13.9. The van der Waals surface area contributed by atoms with E-state index in [0.717, 1.165) is 13.0 Å². The van der Waals surface area contributed by atoms with E-state index in [2.05, 4.69) is 10.3 Å². The number of nitrogens with zero attached hydrogens (tertiary/aromatic N) is 3. The number of halogens is 2. The Morgan fingerprint density at radius 1 is 1.21 bits per heavy atom. The standard InChI is InChI=1S/C25H32ClN5O7.ClH/c1-30(2)7-5-6-28-24-19(34)14-11(22(26)29-24)8-10-9-12-16(31(3)4)18(33)15(23(27)37)21(36)25(12,38)20(35)13(10)17(14)32;/h10,12,16,32,34,36,38H,5-9H2,1-4H3,(H2,27,37)(H,28,29);1H/t10-,12-,16-,25-;/m0./s1. The van der Waals surface area contributed by atoms with E-state index in [-0.39, 0.29) is 47.4 Å². The third-order valence-electron chi connectivity index (χ3n) is 7.61. The highest BCUT2D eigenvalue weighted by Crippen LogP contribution is 2.53. The molecule has 0 saturated heterocycles. The van der Waals surface area contributed by atoms with Gasteiger partial charge in [-0.25, -0.2) is 4.98 Å². The van der Waals surface area contributed by atoms with E-state index in [4.69, 9.17) is 17.3 Å². The SMILES string of the molecule is CN(C)CCCNc1nc(Cl)c2c(c1O)C(O)=C1C(=O)[C@]3(O)C(O)=C(C(N)=O)C(=O)[C@@H](N(C)C)[C@@H]3C[C@@H]1C2.Cl. The van der Waals surface area contributed by atoms with E-state index in [0.29, 0.717) is 12.1 Å². The maximum Gasteiger partial charge on any atom is 0.255 e. The topological polar surface area (TPSA) is 190 Å². The third kappa shape index (κ3) is 4.74. The summed E-state index contributed by atoms with van der Waals surface area (Å²) in [5.41, 5.74) is 1.76. The summed E-state index contributed by atoms with van der Waals surface area (Å²) in [6.45, 7) is 1.22. The number of primary amides is 1. The van der Waals surface area contributed by atoms with Gasteiger partial charge < -0.3 is 36.4 Å². The minimum absolute atomic E-state index is 0. The fourth-order valence-corrected chi connectivity index (χ4v) is 6.14. The van der Waals surface area contributed by atoms with Crippen molar-refractivity contribution in [3.63, 3.8) is 0 Å². The van der Waals surface area contributed by atoms with Crippen LogP contribution >= 0.6 is 24.0 Å². The van der Waals surface area contributed by atoms with Gasteiger partial charge in [-0.15, -0.1) is 12.4 Å². The lowest BCUT2D eigenvalue weighted by Gasteiger charge is -2.50. The molecule has 4 atom stereocenters. The number of aliphatic hydroxyl groups excluding tert-OH is 2. The number of Topliss-reactive ketones (excluding diaryl/α,β-unsaturated/α-hetero) is 2. The Kier molecular flexibility index (Phi) is 8.59. The van der Waals surface area contributed by atoms with Gasteiger partial charge in [0.15, 0.2) is 23.0 Å². The van der Waals surface area contributed by atoms with Gasteiger partial charge in [0, 0.05) is 23.6 Å². The molecule has 0 aromatic carbocycles. The first kappa shape index (κ1) is 30.6. The van der Waals surface area contributed by atoms with Crippen LogP contribution in [0.25, 0.3) is 5.76 Å². The molecule has 39 heavy (non-hydrogen) atoms. The Bertz CT molecular complexity index is 1300. The highest BCUT2D eigenvalue weighted by molar-refractivity contribution is 6.31. The molecule has 12 nitrogen and oxygen atoms in total. The number of nitrogens with one attached hydrogen (secondary N) is 1. The van der Waals surface area contributed by atoms with Gasteiger partial charge >= 0.3 is 0 Å². The molecule has 1 amide bonds. The van der Waals surface area contributed by atoms with Crippen LogP contribution in [0.3, 0.4) is 0 Å². The number of fused-ring (bicyclic) bond motifs is 3. The molecule has 1 heterocycles. The normalized spacial score (nSPS) is 26.3. The summed E-state index contributed by atoms with van der Waals surface area (Å²) in [6, 6.07) is -1.15. The summed E-state index contributed by atoms with van der Waals surface area (Å²) in [6.07, 6.45) is 0.784. The molecule has 0 bridgehead atoms. The number of aliphatic hydroxyl groups is 3. The molecule has 1 fully saturated rings. The highest BCUT2D eigenvalue weighted by atomic mass is 35.5. The molecule has 1 saturated carbocycles. The van der Waals surface area contributed by atoms with Crippen LogP contribution in [0.5, 0.6) is 5.75 Å². The van der Waals surface area contributed by atoms with Crippen LogP contribution < -0.4 is 11.1 Å². The van der Waals surface area contributed by atoms with Gasteiger partial charge in [-0.2, -0.15) is 0 Å². The first-order valence-corrected chi connectivity index (χ1v) is 12.6. The van der Waals surface area contributed by atoms with Gasteiger partial charge in [0.1, 0.15) is 22.2 Å². The van der Waals surface area contributed by atoms with Crippen molar-refractivity contribution in [2.45, 2.75) is 30.9 Å². The smallest absolute Gasteiger partial charge is 0.255 e. The molecule has 3 aliphatic carbocycles. The van der Waals surface area contributed by atoms with Crippen molar-refractivity contribution in [2.75, 3.05) is 46.6 Å². The number of likely N-dealkylation sites (N-methyl/N-ethyl adjacent to an activating group) is 1. The monoisotopic (exact) mass is 585 g/mol.